The van der Waals surface area contributed by atoms with Gasteiger partial charge >= 0.3 is 5.97 Å². The molecule has 0 bridgehead atoms. The van der Waals surface area contributed by atoms with Crippen LogP contribution in [0.5, 0.6) is 0 Å². The maximum Gasteiger partial charge on any atom is 0.306 e. The Bertz CT molecular complexity index is 490. The Balaban J connectivity index is 3.10. The number of carboxylic acids is 1. The fourth-order valence-electron chi connectivity index (χ4n) is 1.45. The molecule has 0 radical (unpaired) electrons. The molecule has 1 aromatic carbocycles. The summed E-state index contributed by atoms with van der Waals surface area (Å²) < 4.78 is 22.9. The third-order valence-electron chi connectivity index (χ3n) is 2.32. The van der Waals surface area contributed by atoms with Gasteiger partial charge in [0, 0.05) is 6.26 Å². The summed E-state index contributed by atoms with van der Waals surface area (Å²) in [6.07, 6.45) is 1.34. The second kappa shape index (κ2) is 4.65. The van der Waals surface area contributed by atoms with Crippen LogP contribution >= 0.6 is 0 Å². The predicted octanol–water partition coefficient (Wildman–Crippen LogP) is 1.35. The molecular weight excluding hydrogens is 228 g/mol. The number of aliphatic carboxylic acids is 1. The van der Waals surface area contributed by atoms with Crippen molar-refractivity contribution in [1.82, 2.24) is 0 Å². The van der Waals surface area contributed by atoms with Gasteiger partial charge in [0.15, 0.2) is 9.84 Å². The number of carboxylic acid groups (broad SMARTS) is 1. The fraction of sp³-hybridized carbons (Fsp3) is 0.364. The van der Waals surface area contributed by atoms with Gasteiger partial charge in [0.05, 0.1) is 10.8 Å². The highest BCUT2D eigenvalue weighted by Crippen LogP contribution is 2.18. The molecule has 0 saturated heterocycles. The fourth-order valence-corrected chi connectivity index (χ4v) is 2.40. The summed E-state index contributed by atoms with van der Waals surface area (Å²) >= 11 is 0. The van der Waals surface area contributed by atoms with Crippen LogP contribution in [0.2, 0.25) is 0 Å². The second-order valence-corrected chi connectivity index (χ2v) is 5.81. The SMILES string of the molecule is CC(Cc1ccccc1S(C)(=O)=O)C(=O)O. The summed E-state index contributed by atoms with van der Waals surface area (Å²) in [6, 6.07) is 6.49. The maximum absolute atomic E-state index is 11.5. The first-order valence-corrected chi connectivity index (χ1v) is 6.72. The number of benzene rings is 1. The lowest BCUT2D eigenvalue weighted by Crippen LogP contribution is -2.14. The van der Waals surface area contributed by atoms with Crippen LogP contribution in [0.3, 0.4) is 0 Å². The van der Waals surface area contributed by atoms with E-state index in [1.807, 2.05) is 0 Å². The van der Waals surface area contributed by atoms with Crippen LogP contribution < -0.4 is 0 Å². The van der Waals surface area contributed by atoms with Crippen LogP contribution in [0.1, 0.15) is 12.5 Å². The normalized spacial score (nSPS) is 13.4. The zero-order valence-electron chi connectivity index (χ0n) is 9.17. The van der Waals surface area contributed by atoms with Crippen molar-refractivity contribution in [1.29, 1.82) is 0 Å². The Labute approximate surface area is 94.8 Å². The van der Waals surface area contributed by atoms with Crippen LogP contribution in [0, 0.1) is 5.92 Å². The summed E-state index contributed by atoms with van der Waals surface area (Å²) in [7, 11) is -3.30. The largest absolute Gasteiger partial charge is 0.481 e. The van der Waals surface area contributed by atoms with Gasteiger partial charge in [-0.3, -0.25) is 4.79 Å². The minimum atomic E-state index is -3.30. The molecule has 1 aromatic rings. The molecule has 16 heavy (non-hydrogen) atoms. The standard InChI is InChI=1S/C11H14O4S/c1-8(11(12)13)7-9-5-3-4-6-10(9)16(2,14)15/h3-6,8H,7H2,1-2H3,(H,12,13). The van der Waals surface area contributed by atoms with Crippen LogP contribution in [0.15, 0.2) is 29.2 Å². The third-order valence-corrected chi connectivity index (χ3v) is 3.52. The topological polar surface area (TPSA) is 71.4 Å². The van der Waals surface area contributed by atoms with Gasteiger partial charge in [0.25, 0.3) is 0 Å². The lowest BCUT2D eigenvalue weighted by Gasteiger charge is -2.10. The number of hydrogen-bond donors (Lipinski definition) is 1. The number of carbonyl (C=O) groups is 1. The van der Waals surface area contributed by atoms with E-state index in [1.54, 1.807) is 25.1 Å². The Hall–Kier alpha value is -1.36. The maximum atomic E-state index is 11.5. The van der Waals surface area contributed by atoms with Gasteiger partial charge < -0.3 is 5.11 Å². The third kappa shape index (κ3) is 3.06. The first-order valence-electron chi connectivity index (χ1n) is 4.83. The molecule has 1 N–H and O–H groups in total. The van der Waals surface area contributed by atoms with Crippen LogP contribution in [-0.2, 0) is 21.1 Å². The highest BCUT2D eigenvalue weighted by Gasteiger charge is 2.17. The lowest BCUT2D eigenvalue weighted by molar-refractivity contribution is -0.141. The molecule has 0 aliphatic carbocycles. The minimum absolute atomic E-state index is 0.211. The molecule has 88 valence electrons. The lowest BCUT2D eigenvalue weighted by atomic mass is 10.0. The monoisotopic (exact) mass is 242 g/mol. The average molecular weight is 242 g/mol. The first-order chi connectivity index (χ1) is 7.32. The first kappa shape index (κ1) is 12.7. The zero-order chi connectivity index (χ0) is 12.3. The van der Waals surface area contributed by atoms with Crippen LogP contribution in [-0.4, -0.2) is 25.7 Å². The van der Waals surface area contributed by atoms with Gasteiger partial charge in [0.2, 0.25) is 0 Å². The molecule has 4 nitrogen and oxygen atoms in total. The molecule has 0 spiro atoms. The molecule has 0 fully saturated rings. The molecule has 0 heterocycles. The van der Waals surface area contributed by atoms with Crippen molar-refractivity contribution in [3.8, 4) is 0 Å². The van der Waals surface area contributed by atoms with Crippen molar-refractivity contribution in [2.24, 2.45) is 5.92 Å². The van der Waals surface area contributed by atoms with Gasteiger partial charge in [-0.05, 0) is 18.1 Å². The quantitative estimate of drug-likeness (QED) is 0.865. The molecular formula is C11H14O4S. The molecule has 1 unspecified atom stereocenters. The molecule has 1 rings (SSSR count). The number of rotatable bonds is 4. The molecule has 0 aromatic heterocycles. The summed E-state index contributed by atoms with van der Waals surface area (Å²) in [5.74, 6) is -1.52. The number of sulfone groups is 1. The van der Waals surface area contributed by atoms with Crippen molar-refractivity contribution >= 4 is 15.8 Å². The molecule has 1 atom stereocenters. The van der Waals surface area contributed by atoms with Crippen molar-refractivity contribution in [3.63, 3.8) is 0 Å². The smallest absolute Gasteiger partial charge is 0.306 e. The van der Waals surface area contributed by atoms with E-state index in [9.17, 15) is 13.2 Å². The van der Waals surface area contributed by atoms with E-state index >= 15 is 0 Å². The van der Waals surface area contributed by atoms with E-state index in [4.69, 9.17) is 5.11 Å². The van der Waals surface area contributed by atoms with E-state index in [1.165, 1.54) is 6.07 Å². The van der Waals surface area contributed by atoms with E-state index in [0.717, 1.165) is 6.26 Å². The van der Waals surface area contributed by atoms with E-state index in [0.29, 0.717) is 5.56 Å². The van der Waals surface area contributed by atoms with Gasteiger partial charge in [-0.15, -0.1) is 0 Å². The number of hydrogen-bond acceptors (Lipinski definition) is 3. The molecule has 0 aliphatic rings. The summed E-state index contributed by atoms with van der Waals surface area (Å²) in [5, 5.41) is 8.79. The van der Waals surface area contributed by atoms with Crippen molar-refractivity contribution in [3.05, 3.63) is 29.8 Å². The highest BCUT2D eigenvalue weighted by molar-refractivity contribution is 7.90. The molecule has 0 aliphatic heterocycles. The summed E-state index contributed by atoms with van der Waals surface area (Å²) in [6.45, 7) is 1.56. The summed E-state index contributed by atoms with van der Waals surface area (Å²) in [4.78, 5) is 10.9. The van der Waals surface area contributed by atoms with E-state index < -0.39 is 21.7 Å². The average Bonchev–Trinajstić information content (AvgIpc) is 2.16. The van der Waals surface area contributed by atoms with Gasteiger partial charge in [0.1, 0.15) is 0 Å². The predicted molar refractivity (Wildman–Crippen MR) is 60.1 cm³/mol. The van der Waals surface area contributed by atoms with Gasteiger partial charge in [-0.1, -0.05) is 25.1 Å². The Morgan fingerprint density at radius 2 is 1.94 bits per heavy atom. The van der Waals surface area contributed by atoms with E-state index in [2.05, 4.69) is 0 Å². The van der Waals surface area contributed by atoms with Gasteiger partial charge in [-0.25, -0.2) is 8.42 Å². The Morgan fingerprint density at radius 1 is 1.38 bits per heavy atom. The zero-order valence-corrected chi connectivity index (χ0v) is 9.99. The Kier molecular flexibility index (Phi) is 3.70. The highest BCUT2D eigenvalue weighted by atomic mass is 32.2. The second-order valence-electron chi connectivity index (χ2n) is 3.82. The minimum Gasteiger partial charge on any atom is -0.481 e. The molecule has 0 saturated carbocycles. The van der Waals surface area contributed by atoms with Crippen molar-refractivity contribution in [2.75, 3.05) is 6.26 Å². The van der Waals surface area contributed by atoms with Crippen LogP contribution in [0.25, 0.3) is 0 Å². The molecule has 5 heteroatoms. The van der Waals surface area contributed by atoms with Crippen molar-refractivity contribution < 1.29 is 18.3 Å². The molecule has 0 amide bonds. The van der Waals surface area contributed by atoms with Gasteiger partial charge in [-0.2, -0.15) is 0 Å². The Morgan fingerprint density at radius 3 is 2.44 bits per heavy atom. The van der Waals surface area contributed by atoms with E-state index in [-0.39, 0.29) is 11.3 Å². The van der Waals surface area contributed by atoms with Crippen molar-refractivity contribution in [2.45, 2.75) is 18.2 Å². The van der Waals surface area contributed by atoms with Crippen LogP contribution in [0.4, 0.5) is 0 Å². The summed E-state index contributed by atoms with van der Waals surface area (Å²) in [5.41, 5.74) is 0.555.